The van der Waals surface area contributed by atoms with Gasteiger partial charge in [0.1, 0.15) is 18.4 Å². The van der Waals surface area contributed by atoms with Gasteiger partial charge in [0.2, 0.25) is 5.76 Å². The summed E-state index contributed by atoms with van der Waals surface area (Å²) < 4.78 is 5.57. The van der Waals surface area contributed by atoms with E-state index in [-0.39, 0.29) is 22.8 Å². The van der Waals surface area contributed by atoms with Gasteiger partial charge in [0, 0.05) is 22.2 Å². The Balaban J connectivity index is 2.20. The van der Waals surface area contributed by atoms with Crippen LogP contribution in [-0.4, -0.2) is 22.0 Å². The molecule has 0 aromatic heterocycles. The molecule has 8 heteroatoms. The summed E-state index contributed by atoms with van der Waals surface area (Å²) in [6, 6.07) is 10.9. The zero-order chi connectivity index (χ0) is 19.3. The van der Waals surface area contributed by atoms with Crippen LogP contribution in [0.5, 0.6) is 5.75 Å². The molecule has 0 saturated carbocycles. The van der Waals surface area contributed by atoms with E-state index in [9.17, 15) is 14.9 Å². The molecule has 2 aromatic rings. The van der Waals surface area contributed by atoms with Gasteiger partial charge in [-0.2, -0.15) is 5.26 Å². The topological polar surface area (TPSA) is 108 Å². The lowest BCUT2D eigenvalue weighted by Crippen LogP contribution is -2.04. The Bertz CT molecular complexity index is 947. The molecule has 0 aliphatic rings. The summed E-state index contributed by atoms with van der Waals surface area (Å²) in [6.45, 7) is -0.0168. The molecule has 2 rings (SSSR count). The Kier molecular flexibility index (Phi) is 6.23. The SMILES string of the molecule is N#Cc1c(Cl)cc(Cl)cc1COc1cccc(C(=O)/C=C(/O)C(=O)O)c1. The van der Waals surface area contributed by atoms with Crippen molar-refractivity contribution in [1.29, 1.82) is 5.26 Å². The van der Waals surface area contributed by atoms with Gasteiger partial charge in [0.05, 0.1) is 10.6 Å². The summed E-state index contributed by atoms with van der Waals surface area (Å²) in [7, 11) is 0. The minimum absolute atomic E-state index is 0.0168. The van der Waals surface area contributed by atoms with Crippen molar-refractivity contribution >= 4 is 35.0 Å². The van der Waals surface area contributed by atoms with Crippen molar-refractivity contribution in [3.63, 3.8) is 0 Å². The number of halogens is 2. The number of carbonyl (C=O) groups excluding carboxylic acids is 1. The Morgan fingerprint density at radius 3 is 2.58 bits per heavy atom. The standard InChI is InChI=1S/C18H11Cl2NO5/c19-12-4-11(14(8-21)15(20)6-12)9-26-13-3-1-2-10(5-13)16(22)7-17(23)18(24)25/h1-7,23H,9H2,(H,24,25)/b17-7+. The Morgan fingerprint density at radius 2 is 1.92 bits per heavy atom. The second-order valence-corrected chi connectivity index (χ2v) is 5.89. The molecular formula is C18H11Cl2NO5. The van der Waals surface area contributed by atoms with Gasteiger partial charge in [-0.05, 0) is 24.3 Å². The molecule has 0 spiro atoms. The van der Waals surface area contributed by atoms with E-state index in [0.29, 0.717) is 22.4 Å². The van der Waals surface area contributed by atoms with E-state index in [1.54, 1.807) is 12.1 Å². The van der Waals surface area contributed by atoms with Crippen molar-refractivity contribution in [3.05, 3.63) is 75.0 Å². The number of rotatable bonds is 6. The van der Waals surface area contributed by atoms with E-state index in [0.717, 1.165) is 0 Å². The van der Waals surface area contributed by atoms with Crippen LogP contribution < -0.4 is 4.74 Å². The third-order valence-corrected chi connectivity index (χ3v) is 3.76. The van der Waals surface area contributed by atoms with Crippen LogP contribution in [0, 0.1) is 11.3 Å². The monoisotopic (exact) mass is 391 g/mol. The Hall–Kier alpha value is -3.01. The van der Waals surface area contributed by atoms with Gasteiger partial charge >= 0.3 is 5.97 Å². The lowest BCUT2D eigenvalue weighted by atomic mass is 10.1. The highest BCUT2D eigenvalue weighted by molar-refractivity contribution is 6.35. The summed E-state index contributed by atoms with van der Waals surface area (Å²) in [5, 5.41) is 27.5. The van der Waals surface area contributed by atoms with Crippen molar-refractivity contribution in [1.82, 2.24) is 0 Å². The number of ketones is 1. The molecule has 132 valence electrons. The number of carboxylic acids is 1. The first-order valence-electron chi connectivity index (χ1n) is 7.11. The van der Waals surface area contributed by atoms with Crippen molar-refractivity contribution in [2.45, 2.75) is 6.61 Å². The van der Waals surface area contributed by atoms with E-state index in [4.69, 9.17) is 38.2 Å². The summed E-state index contributed by atoms with van der Waals surface area (Å²) >= 11 is 11.9. The fourth-order valence-corrected chi connectivity index (χ4v) is 2.61. The molecule has 2 N–H and O–H groups in total. The fourth-order valence-electron chi connectivity index (χ4n) is 2.04. The zero-order valence-corrected chi connectivity index (χ0v) is 14.6. The second-order valence-electron chi connectivity index (χ2n) is 5.05. The molecule has 0 aliphatic heterocycles. The van der Waals surface area contributed by atoms with E-state index in [2.05, 4.69) is 0 Å². The minimum Gasteiger partial charge on any atom is -0.502 e. The van der Waals surface area contributed by atoms with Gasteiger partial charge in [-0.1, -0.05) is 35.3 Å². The normalized spacial score (nSPS) is 10.9. The maximum atomic E-state index is 11.9. The van der Waals surface area contributed by atoms with Crippen molar-refractivity contribution in [2.24, 2.45) is 0 Å². The number of nitriles is 1. The van der Waals surface area contributed by atoms with Gasteiger partial charge < -0.3 is 14.9 Å². The predicted octanol–water partition coefficient (Wildman–Crippen LogP) is 4.15. The number of hydrogen-bond acceptors (Lipinski definition) is 5. The number of carbonyl (C=O) groups is 2. The Labute approximate surface area is 158 Å². The zero-order valence-electron chi connectivity index (χ0n) is 13.1. The minimum atomic E-state index is -1.60. The molecule has 0 amide bonds. The molecule has 2 aromatic carbocycles. The summed E-state index contributed by atoms with van der Waals surface area (Å²) in [5.41, 5.74) is 0.836. The molecular weight excluding hydrogens is 381 g/mol. The first-order valence-corrected chi connectivity index (χ1v) is 7.86. The lowest BCUT2D eigenvalue weighted by Gasteiger charge is -2.10. The average molecular weight is 392 g/mol. The van der Waals surface area contributed by atoms with Crippen LogP contribution >= 0.6 is 23.2 Å². The van der Waals surface area contributed by atoms with Crippen LogP contribution in [0.1, 0.15) is 21.5 Å². The van der Waals surface area contributed by atoms with E-state index in [1.165, 1.54) is 24.3 Å². The molecule has 26 heavy (non-hydrogen) atoms. The molecule has 0 radical (unpaired) electrons. The number of benzene rings is 2. The Morgan fingerprint density at radius 1 is 1.19 bits per heavy atom. The highest BCUT2D eigenvalue weighted by atomic mass is 35.5. The first kappa shape index (κ1) is 19.3. The van der Waals surface area contributed by atoms with Crippen LogP contribution in [0.15, 0.2) is 48.2 Å². The first-order chi connectivity index (χ1) is 12.3. The molecule has 0 saturated heterocycles. The van der Waals surface area contributed by atoms with Crippen LogP contribution in [0.25, 0.3) is 0 Å². The number of ether oxygens (including phenoxy) is 1. The largest absolute Gasteiger partial charge is 0.502 e. The van der Waals surface area contributed by atoms with Gasteiger partial charge in [-0.25, -0.2) is 4.79 Å². The number of carboxylic acid groups (broad SMARTS) is 1. The number of aliphatic carboxylic acids is 1. The van der Waals surface area contributed by atoms with Gasteiger partial charge in [-0.15, -0.1) is 0 Å². The highest BCUT2D eigenvalue weighted by Gasteiger charge is 2.12. The van der Waals surface area contributed by atoms with Crippen molar-refractivity contribution in [3.8, 4) is 11.8 Å². The van der Waals surface area contributed by atoms with Crippen LogP contribution in [0.3, 0.4) is 0 Å². The van der Waals surface area contributed by atoms with E-state index in [1.807, 2.05) is 6.07 Å². The van der Waals surface area contributed by atoms with Gasteiger partial charge in [-0.3, -0.25) is 4.79 Å². The summed E-state index contributed by atoms with van der Waals surface area (Å²) in [5.74, 6) is -3.06. The molecule has 0 unspecified atom stereocenters. The van der Waals surface area contributed by atoms with E-state index >= 15 is 0 Å². The molecule has 0 aliphatic carbocycles. The number of allylic oxidation sites excluding steroid dienone is 1. The summed E-state index contributed by atoms with van der Waals surface area (Å²) in [6.07, 6.45) is 0.603. The maximum absolute atomic E-state index is 11.9. The third kappa shape index (κ3) is 4.76. The van der Waals surface area contributed by atoms with Crippen molar-refractivity contribution in [2.75, 3.05) is 0 Å². The lowest BCUT2D eigenvalue weighted by molar-refractivity contribution is -0.135. The van der Waals surface area contributed by atoms with Crippen LogP contribution in [0.4, 0.5) is 0 Å². The average Bonchev–Trinajstić information content (AvgIpc) is 2.59. The molecule has 0 bridgehead atoms. The second kappa shape index (κ2) is 8.39. The third-order valence-electron chi connectivity index (χ3n) is 3.25. The number of aliphatic hydroxyl groups excluding tert-OH is 1. The molecule has 0 heterocycles. The number of hydrogen-bond donors (Lipinski definition) is 2. The molecule has 6 nitrogen and oxygen atoms in total. The number of aliphatic hydroxyl groups is 1. The molecule has 0 atom stereocenters. The van der Waals surface area contributed by atoms with Gasteiger partial charge in [0.15, 0.2) is 5.78 Å². The van der Waals surface area contributed by atoms with Crippen LogP contribution in [-0.2, 0) is 11.4 Å². The smallest absolute Gasteiger partial charge is 0.371 e. The number of nitrogens with zero attached hydrogens (tertiary/aromatic N) is 1. The fraction of sp³-hybridized carbons (Fsp3) is 0.0556. The van der Waals surface area contributed by atoms with Crippen LogP contribution in [0.2, 0.25) is 10.0 Å². The van der Waals surface area contributed by atoms with E-state index < -0.39 is 17.5 Å². The van der Waals surface area contributed by atoms with Crippen molar-refractivity contribution < 1.29 is 24.5 Å². The predicted molar refractivity (Wildman–Crippen MR) is 94.6 cm³/mol. The van der Waals surface area contributed by atoms with Gasteiger partial charge in [0.25, 0.3) is 0 Å². The quantitative estimate of drug-likeness (QED) is 0.434. The maximum Gasteiger partial charge on any atom is 0.371 e. The highest BCUT2D eigenvalue weighted by Crippen LogP contribution is 2.26. The molecule has 0 fully saturated rings. The summed E-state index contributed by atoms with van der Waals surface area (Å²) in [4.78, 5) is 22.5.